The first kappa shape index (κ1) is 7.09. The smallest absolute Gasteiger partial charge is 0.352 e. The van der Waals surface area contributed by atoms with E-state index in [-0.39, 0.29) is 11.6 Å². The van der Waals surface area contributed by atoms with E-state index in [0.717, 1.165) is 5.69 Å². The molecule has 0 bridgehead atoms. The van der Waals surface area contributed by atoms with E-state index < -0.39 is 5.97 Å². The van der Waals surface area contributed by atoms with Crippen molar-refractivity contribution in [3.8, 4) is 0 Å². The van der Waals surface area contributed by atoms with Crippen molar-refractivity contribution in [2.24, 2.45) is 0 Å². The molecule has 4 heteroatoms. The fraction of sp³-hybridized carbons (Fsp3) is 0.250. The third kappa shape index (κ3) is 0.777. The summed E-state index contributed by atoms with van der Waals surface area (Å²) in [5.74, 6) is -1.16. The molecule has 0 amide bonds. The van der Waals surface area contributed by atoms with Crippen molar-refractivity contribution in [2.45, 2.75) is 12.8 Å². The highest BCUT2D eigenvalue weighted by atomic mass is 16.4. The number of aryl methyl sites for hydroxylation is 1. The zero-order valence-electron chi connectivity index (χ0n) is 6.28. The lowest BCUT2D eigenvalue weighted by molar-refractivity contribution is 0.0675. The van der Waals surface area contributed by atoms with Crippen LogP contribution < -0.4 is 0 Å². The average molecular weight is 165 g/mol. The number of hydrogen-bond acceptors (Lipinski definition) is 2. The summed E-state index contributed by atoms with van der Waals surface area (Å²) >= 11 is 0. The van der Waals surface area contributed by atoms with Gasteiger partial charge in [-0.15, -0.1) is 0 Å². The molecule has 1 aromatic heterocycles. The van der Waals surface area contributed by atoms with Crippen molar-refractivity contribution < 1.29 is 14.7 Å². The minimum absolute atomic E-state index is 0.0764. The molecule has 0 saturated heterocycles. The van der Waals surface area contributed by atoms with Crippen LogP contribution in [0, 0.1) is 0 Å². The fourth-order valence-electron chi connectivity index (χ4n) is 1.48. The van der Waals surface area contributed by atoms with Crippen LogP contribution in [0.3, 0.4) is 0 Å². The van der Waals surface area contributed by atoms with Gasteiger partial charge in [0.1, 0.15) is 5.69 Å². The maximum atomic E-state index is 11.2. The SMILES string of the molecule is O=C(O)c1ccc2n1C(=O)CC2. The molecule has 1 aliphatic rings. The van der Waals surface area contributed by atoms with Gasteiger partial charge in [-0.3, -0.25) is 9.36 Å². The number of hydrogen-bond donors (Lipinski definition) is 1. The number of carboxylic acids is 1. The number of aromatic carboxylic acids is 1. The third-order valence-corrected chi connectivity index (χ3v) is 2.03. The van der Waals surface area contributed by atoms with E-state index in [0.29, 0.717) is 12.8 Å². The first-order valence-electron chi connectivity index (χ1n) is 3.67. The Hall–Kier alpha value is -1.58. The van der Waals surface area contributed by atoms with Crippen LogP contribution >= 0.6 is 0 Å². The van der Waals surface area contributed by atoms with Crippen LogP contribution in [0.15, 0.2) is 12.1 Å². The van der Waals surface area contributed by atoms with Gasteiger partial charge in [-0.1, -0.05) is 0 Å². The second kappa shape index (κ2) is 2.20. The van der Waals surface area contributed by atoms with Crippen LogP contribution in [0.4, 0.5) is 0 Å². The molecule has 4 nitrogen and oxygen atoms in total. The molecule has 2 rings (SSSR count). The number of carboxylic acid groups (broad SMARTS) is 1. The first-order chi connectivity index (χ1) is 5.70. The quantitative estimate of drug-likeness (QED) is 0.668. The molecule has 0 atom stereocenters. The molecule has 1 aliphatic heterocycles. The van der Waals surface area contributed by atoms with Crippen LogP contribution in [0.2, 0.25) is 0 Å². The molecule has 1 aromatic rings. The summed E-state index contributed by atoms with van der Waals surface area (Å²) in [6, 6.07) is 3.16. The summed E-state index contributed by atoms with van der Waals surface area (Å²) in [5.41, 5.74) is 0.880. The number of nitrogens with zero attached hydrogens (tertiary/aromatic N) is 1. The Kier molecular flexibility index (Phi) is 1.30. The molecule has 0 aromatic carbocycles. The summed E-state index contributed by atoms with van der Waals surface area (Å²) in [7, 11) is 0. The van der Waals surface area contributed by atoms with E-state index in [2.05, 4.69) is 0 Å². The second-order valence-electron chi connectivity index (χ2n) is 2.74. The Morgan fingerprint density at radius 1 is 1.42 bits per heavy atom. The van der Waals surface area contributed by atoms with Crippen molar-refractivity contribution in [3.63, 3.8) is 0 Å². The van der Waals surface area contributed by atoms with E-state index >= 15 is 0 Å². The molecule has 0 saturated carbocycles. The molecule has 0 aliphatic carbocycles. The minimum Gasteiger partial charge on any atom is -0.477 e. The van der Waals surface area contributed by atoms with Crippen molar-refractivity contribution in [1.29, 1.82) is 0 Å². The Bertz CT molecular complexity index is 364. The van der Waals surface area contributed by atoms with Gasteiger partial charge in [0.05, 0.1) is 0 Å². The minimum atomic E-state index is -1.04. The van der Waals surface area contributed by atoms with Gasteiger partial charge in [-0.25, -0.2) is 4.79 Å². The number of fused-ring (bicyclic) bond motifs is 1. The molecule has 0 unspecified atom stereocenters. The van der Waals surface area contributed by atoms with Gasteiger partial charge in [0.15, 0.2) is 0 Å². The van der Waals surface area contributed by atoms with E-state index in [4.69, 9.17) is 5.11 Å². The van der Waals surface area contributed by atoms with Crippen molar-refractivity contribution in [2.75, 3.05) is 0 Å². The van der Waals surface area contributed by atoms with Gasteiger partial charge in [-0.05, 0) is 18.6 Å². The predicted molar refractivity (Wildman–Crippen MR) is 40.3 cm³/mol. The topological polar surface area (TPSA) is 59.3 Å². The highest BCUT2D eigenvalue weighted by Gasteiger charge is 2.24. The van der Waals surface area contributed by atoms with Gasteiger partial charge in [-0.2, -0.15) is 0 Å². The standard InChI is InChI=1S/C8H7NO3/c10-7-4-2-5-1-3-6(8(11)12)9(5)7/h1,3H,2,4H2,(H,11,12). The van der Waals surface area contributed by atoms with Crippen LogP contribution in [-0.2, 0) is 6.42 Å². The van der Waals surface area contributed by atoms with E-state index in [9.17, 15) is 9.59 Å². The summed E-state index contributed by atoms with van der Waals surface area (Å²) in [5, 5.41) is 8.68. The molecule has 0 fully saturated rings. The van der Waals surface area contributed by atoms with Crippen molar-refractivity contribution in [3.05, 3.63) is 23.5 Å². The summed E-state index contributed by atoms with van der Waals surface area (Å²) < 4.78 is 1.28. The lowest BCUT2D eigenvalue weighted by atomic mass is 10.3. The zero-order chi connectivity index (χ0) is 8.72. The van der Waals surface area contributed by atoms with E-state index in [1.54, 1.807) is 6.07 Å². The molecular weight excluding hydrogens is 158 g/mol. The summed E-state index contributed by atoms with van der Waals surface area (Å²) in [6.07, 6.45) is 1.09. The number of aromatic nitrogens is 1. The van der Waals surface area contributed by atoms with E-state index in [1.165, 1.54) is 10.6 Å². The van der Waals surface area contributed by atoms with Crippen LogP contribution in [-0.4, -0.2) is 21.6 Å². The molecule has 12 heavy (non-hydrogen) atoms. The summed E-state index contributed by atoms with van der Waals surface area (Å²) in [6.45, 7) is 0. The Morgan fingerprint density at radius 3 is 2.83 bits per heavy atom. The van der Waals surface area contributed by atoms with Crippen LogP contribution in [0.1, 0.15) is 27.4 Å². The van der Waals surface area contributed by atoms with Crippen molar-refractivity contribution in [1.82, 2.24) is 4.57 Å². The highest BCUT2D eigenvalue weighted by Crippen LogP contribution is 2.18. The predicted octanol–water partition coefficient (Wildman–Crippen LogP) is 0.773. The van der Waals surface area contributed by atoms with Crippen LogP contribution in [0.5, 0.6) is 0 Å². The Morgan fingerprint density at radius 2 is 2.17 bits per heavy atom. The molecule has 0 spiro atoms. The highest BCUT2D eigenvalue weighted by molar-refractivity contribution is 5.94. The van der Waals surface area contributed by atoms with Crippen molar-refractivity contribution >= 4 is 11.9 Å². The van der Waals surface area contributed by atoms with Gasteiger partial charge in [0, 0.05) is 12.1 Å². The molecule has 2 heterocycles. The number of carbonyl (C=O) groups excluding carboxylic acids is 1. The Labute approximate surface area is 68.4 Å². The number of rotatable bonds is 1. The van der Waals surface area contributed by atoms with Gasteiger partial charge in [0.2, 0.25) is 5.91 Å². The first-order valence-corrected chi connectivity index (χ1v) is 3.67. The second-order valence-corrected chi connectivity index (χ2v) is 2.74. The third-order valence-electron chi connectivity index (χ3n) is 2.03. The molecule has 1 N–H and O–H groups in total. The Balaban J connectivity index is 2.60. The van der Waals surface area contributed by atoms with Gasteiger partial charge in [0.25, 0.3) is 0 Å². The van der Waals surface area contributed by atoms with Crippen LogP contribution in [0.25, 0.3) is 0 Å². The lowest BCUT2D eigenvalue weighted by Crippen LogP contribution is -2.12. The maximum Gasteiger partial charge on any atom is 0.352 e. The zero-order valence-corrected chi connectivity index (χ0v) is 6.28. The lowest BCUT2D eigenvalue weighted by Gasteiger charge is -1.97. The number of carbonyl (C=O) groups is 2. The van der Waals surface area contributed by atoms with Gasteiger partial charge >= 0.3 is 5.97 Å². The van der Waals surface area contributed by atoms with E-state index in [1.807, 2.05) is 0 Å². The largest absolute Gasteiger partial charge is 0.477 e. The normalized spacial score (nSPS) is 14.8. The van der Waals surface area contributed by atoms with Gasteiger partial charge < -0.3 is 5.11 Å². The molecular formula is C8H7NO3. The maximum absolute atomic E-state index is 11.2. The molecule has 62 valence electrons. The molecule has 0 radical (unpaired) electrons. The summed E-state index contributed by atoms with van der Waals surface area (Å²) in [4.78, 5) is 21.7. The average Bonchev–Trinajstić information content (AvgIpc) is 2.53. The fourth-order valence-corrected chi connectivity index (χ4v) is 1.48. The monoisotopic (exact) mass is 165 g/mol.